The molecule has 1 saturated heterocycles. The molecule has 0 aliphatic carbocycles. The topological polar surface area (TPSA) is 25.2 Å². The number of rotatable bonds is 4. The third kappa shape index (κ3) is 3.98. The van der Waals surface area contributed by atoms with Gasteiger partial charge in [-0.1, -0.05) is 0 Å². The van der Waals surface area contributed by atoms with Crippen LogP contribution in [0.2, 0.25) is 0 Å². The Morgan fingerprint density at radius 2 is 2.31 bits per heavy atom. The van der Waals surface area contributed by atoms with Gasteiger partial charge in [0, 0.05) is 29.1 Å². The summed E-state index contributed by atoms with van der Waals surface area (Å²) in [4.78, 5) is 0. The SMILES string of the molecule is Brc1cc(CNCC2CSCCS2)oc1Br. The minimum atomic E-state index is 0.751. The molecule has 1 aromatic heterocycles. The number of hydrogen-bond donors (Lipinski definition) is 1. The molecule has 1 fully saturated rings. The van der Waals surface area contributed by atoms with Gasteiger partial charge in [-0.15, -0.1) is 0 Å². The minimum absolute atomic E-state index is 0.751. The minimum Gasteiger partial charge on any atom is -0.452 e. The highest BCUT2D eigenvalue weighted by atomic mass is 79.9. The van der Waals surface area contributed by atoms with E-state index in [4.69, 9.17) is 4.42 Å². The predicted octanol–water partition coefficient (Wildman–Crippen LogP) is 3.74. The summed E-state index contributed by atoms with van der Waals surface area (Å²) >= 11 is 10.9. The monoisotopic (exact) mass is 385 g/mol. The molecule has 1 aliphatic heterocycles. The maximum atomic E-state index is 5.50. The van der Waals surface area contributed by atoms with E-state index in [1.807, 2.05) is 6.07 Å². The van der Waals surface area contributed by atoms with Gasteiger partial charge in [0.1, 0.15) is 5.76 Å². The zero-order chi connectivity index (χ0) is 11.4. The Labute approximate surface area is 121 Å². The first-order chi connectivity index (χ1) is 7.75. The van der Waals surface area contributed by atoms with Crippen LogP contribution in [0, 0.1) is 0 Å². The van der Waals surface area contributed by atoms with Crippen molar-refractivity contribution < 1.29 is 4.42 Å². The van der Waals surface area contributed by atoms with Crippen LogP contribution < -0.4 is 5.32 Å². The van der Waals surface area contributed by atoms with Gasteiger partial charge in [0.25, 0.3) is 0 Å². The van der Waals surface area contributed by atoms with Crippen molar-refractivity contribution in [3.63, 3.8) is 0 Å². The molecule has 0 bridgehead atoms. The van der Waals surface area contributed by atoms with E-state index in [1.165, 1.54) is 17.3 Å². The van der Waals surface area contributed by atoms with Gasteiger partial charge in [-0.05, 0) is 37.9 Å². The third-order valence-corrected chi connectivity index (χ3v) is 6.81. The summed E-state index contributed by atoms with van der Waals surface area (Å²) in [5, 5.41) is 4.19. The van der Waals surface area contributed by atoms with Crippen molar-refractivity contribution in [1.82, 2.24) is 5.32 Å². The highest BCUT2D eigenvalue weighted by molar-refractivity contribution is 9.13. The zero-order valence-electron chi connectivity index (χ0n) is 8.67. The van der Waals surface area contributed by atoms with Crippen molar-refractivity contribution in [3.8, 4) is 0 Å². The average molecular weight is 387 g/mol. The van der Waals surface area contributed by atoms with Gasteiger partial charge in [0.2, 0.25) is 0 Å². The molecule has 0 saturated carbocycles. The molecule has 6 heteroatoms. The van der Waals surface area contributed by atoms with Gasteiger partial charge in [0.15, 0.2) is 4.67 Å². The fourth-order valence-electron chi connectivity index (χ4n) is 1.49. The molecule has 1 unspecified atom stereocenters. The Morgan fingerprint density at radius 1 is 1.44 bits per heavy atom. The Morgan fingerprint density at radius 3 is 2.94 bits per heavy atom. The predicted molar refractivity (Wildman–Crippen MR) is 79.4 cm³/mol. The van der Waals surface area contributed by atoms with Crippen LogP contribution in [0.4, 0.5) is 0 Å². The molecular weight excluding hydrogens is 374 g/mol. The lowest BCUT2D eigenvalue weighted by Crippen LogP contribution is -2.28. The van der Waals surface area contributed by atoms with Crippen LogP contribution in [0.15, 0.2) is 19.6 Å². The summed E-state index contributed by atoms with van der Waals surface area (Å²) in [7, 11) is 0. The molecule has 1 N–H and O–H groups in total. The smallest absolute Gasteiger partial charge is 0.183 e. The van der Waals surface area contributed by atoms with Crippen LogP contribution in [0.3, 0.4) is 0 Å². The Bertz CT molecular complexity index is 320. The fourth-order valence-corrected chi connectivity index (χ4v) is 4.79. The number of halogens is 2. The second kappa shape index (κ2) is 6.73. The van der Waals surface area contributed by atoms with Crippen molar-refractivity contribution >= 4 is 55.4 Å². The van der Waals surface area contributed by atoms with Crippen LogP contribution in [-0.4, -0.2) is 29.1 Å². The van der Waals surface area contributed by atoms with Crippen molar-refractivity contribution in [2.45, 2.75) is 11.8 Å². The normalized spacial score (nSPS) is 21.2. The second-order valence-electron chi connectivity index (χ2n) is 3.53. The van der Waals surface area contributed by atoms with E-state index >= 15 is 0 Å². The summed E-state index contributed by atoms with van der Waals surface area (Å²) in [5.41, 5.74) is 0. The van der Waals surface area contributed by atoms with Gasteiger partial charge in [-0.3, -0.25) is 0 Å². The molecule has 0 aromatic carbocycles. The highest BCUT2D eigenvalue weighted by Gasteiger charge is 2.14. The van der Waals surface area contributed by atoms with Gasteiger partial charge in [0.05, 0.1) is 11.0 Å². The van der Waals surface area contributed by atoms with Gasteiger partial charge < -0.3 is 9.73 Å². The second-order valence-corrected chi connectivity index (χ2v) is 7.67. The Hall–Kier alpha value is 0.900. The lowest BCUT2D eigenvalue weighted by atomic mass is 10.4. The van der Waals surface area contributed by atoms with Crippen LogP contribution in [0.5, 0.6) is 0 Å². The molecule has 90 valence electrons. The van der Waals surface area contributed by atoms with E-state index in [2.05, 4.69) is 60.7 Å². The maximum Gasteiger partial charge on any atom is 0.183 e. The summed E-state index contributed by atoms with van der Waals surface area (Å²) in [6.07, 6.45) is 0. The molecular formula is C10H13Br2NOS2. The van der Waals surface area contributed by atoms with E-state index in [1.54, 1.807) is 0 Å². The Balaban J connectivity index is 1.71. The molecule has 16 heavy (non-hydrogen) atoms. The first-order valence-corrected chi connectivity index (χ1v) is 8.88. The van der Waals surface area contributed by atoms with Crippen molar-refractivity contribution in [3.05, 3.63) is 21.0 Å². The standard InChI is InChI=1S/C10H13Br2NOS2/c11-9-3-7(14-10(9)12)4-13-5-8-6-15-1-2-16-8/h3,8,13H,1-2,4-6H2. The van der Waals surface area contributed by atoms with Crippen molar-refractivity contribution in [2.24, 2.45) is 0 Å². The first-order valence-electron chi connectivity index (χ1n) is 5.09. The van der Waals surface area contributed by atoms with Crippen LogP contribution >= 0.6 is 55.4 Å². The van der Waals surface area contributed by atoms with E-state index in [-0.39, 0.29) is 0 Å². The lowest BCUT2D eigenvalue weighted by molar-refractivity contribution is 0.465. The van der Waals surface area contributed by atoms with Crippen molar-refractivity contribution in [2.75, 3.05) is 23.8 Å². The Kier molecular flexibility index (Phi) is 5.61. The summed E-state index contributed by atoms with van der Waals surface area (Å²) < 4.78 is 7.25. The third-order valence-electron chi connectivity index (χ3n) is 2.25. The fraction of sp³-hybridized carbons (Fsp3) is 0.600. The maximum absolute atomic E-state index is 5.50. The molecule has 0 spiro atoms. The van der Waals surface area contributed by atoms with Crippen molar-refractivity contribution in [1.29, 1.82) is 0 Å². The molecule has 1 aromatic rings. The molecule has 0 amide bonds. The number of furan rings is 1. The van der Waals surface area contributed by atoms with E-state index in [9.17, 15) is 0 Å². The summed E-state index contributed by atoms with van der Waals surface area (Å²) in [5.74, 6) is 4.82. The summed E-state index contributed by atoms with van der Waals surface area (Å²) in [6.45, 7) is 1.86. The molecule has 2 nitrogen and oxygen atoms in total. The number of thioether (sulfide) groups is 2. The zero-order valence-corrected chi connectivity index (χ0v) is 13.5. The highest BCUT2D eigenvalue weighted by Crippen LogP contribution is 2.27. The molecule has 2 heterocycles. The number of nitrogens with one attached hydrogen (secondary N) is 1. The molecule has 0 radical (unpaired) electrons. The summed E-state index contributed by atoms with van der Waals surface area (Å²) in [6, 6.07) is 2.00. The largest absolute Gasteiger partial charge is 0.452 e. The molecule has 1 aliphatic rings. The van der Waals surface area contributed by atoms with Crippen LogP contribution in [0.25, 0.3) is 0 Å². The first kappa shape index (κ1) is 13.3. The molecule has 1 atom stereocenters. The number of hydrogen-bond acceptors (Lipinski definition) is 4. The lowest BCUT2D eigenvalue weighted by Gasteiger charge is -2.20. The van der Waals surface area contributed by atoms with E-state index in [0.717, 1.165) is 33.2 Å². The average Bonchev–Trinajstić information content (AvgIpc) is 2.60. The van der Waals surface area contributed by atoms with Gasteiger partial charge >= 0.3 is 0 Å². The van der Waals surface area contributed by atoms with Gasteiger partial charge in [-0.25, -0.2) is 0 Å². The quantitative estimate of drug-likeness (QED) is 0.851. The van der Waals surface area contributed by atoms with E-state index in [0.29, 0.717) is 0 Å². The molecule has 2 rings (SSSR count). The van der Waals surface area contributed by atoms with Crippen LogP contribution in [0.1, 0.15) is 5.76 Å². The van der Waals surface area contributed by atoms with Crippen LogP contribution in [-0.2, 0) is 6.54 Å². The van der Waals surface area contributed by atoms with E-state index < -0.39 is 0 Å². The van der Waals surface area contributed by atoms with Gasteiger partial charge in [-0.2, -0.15) is 23.5 Å².